The number of carbonyl (C=O) groups excluding carboxylic acids is 1. The molecule has 5 nitrogen and oxygen atoms in total. The van der Waals surface area contributed by atoms with Gasteiger partial charge in [-0.3, -0.25) is 4.79 Å². The summed E-state index contributed by atoms with van der Waals surface area (Å²) in [5.41, 5.74) is -2.83. The van der Waals surface area contributed by atoms with Crippen LogP contribution in [0.3, 0.4) is 0 Å². The number of benzene rings is 2. The largest absolute Gasteiger partial charge is 0.493 e. The molecular weight excluding hydrogens is 420 g/mol. The van der Waals surface area contributed by atoms with Crippen molar-refractivity contribution < 1.29 is 45.3 Å². The molecule has 0 radical (unpaired) electrons. The third-order valence-electron chi connectivity index (χ3n) is 3.89. The van der Waals surface area contributed by atoms with Crippen molar-refractivity contribution in [1.82, 2.24) is 0 Å². The standard InChI is InChI=1S/C19H17F6NO4/c1-10(17(27)26-13-4-5-15(28-2)16(9-13)29-3)30-14-7-11(18(20,21)22)6-12(8-14)19(23,24)25/h4-10H,1-3H3,(H,26,27). The number of rotatable bonds is 6. The zero-order valence-corrected chi connectivity index (χ0v) is 15.9. The van der Waals surface area contributed by atoms with Crippen molar-refractivity contribution in [2.75, 3.05) is 19.5 Å². The maximum absolute atomic E-state index is 12.9. The van der Waals surface area contributed by atoms with Gasteiger partial charge in [-0.2, -0.15) is 26.3 Å². The first-order valence-corrected chi connectivity index (χ1v) is 8.34. The van der Waals surface area contributed by atoms with Gasteiger partial charge >= 0.3 is 12.4 Å². The fourth-order valence-corrected chi connectivity index (χ4v) is 2.41. The van der Waals surface area contributed by atoms with Gasteiger partial charge in [0.1, 0.15) is 5.75 Å². The molecule has 1 amide bonds. The van der Waals surface area contributed by atoms with E-state index in [4.69, 9.17) is 14.2 Å². The molecule has 0 aliphatic rings. The van der Waals surface area contributed by atoms with Gasteiger partial charge in [0.25, 0.3) is 5.91 Å². The number of halogens is 6. The second-order valence-corrected chi connectivity index (χ2v) is 6.06. The second-order valence-electron chi connectivity index (χ2n) is 6.06. The Labute approximate surface area is 167 Å². The van der Waals surface area contributed by atoms with Crippen molar-refractivity contribution in [3.05, 3.63) is 47.5 Å². The van der Waals surface area contributed by atoms with Crippen LogP contribution < -0.4 is 19.5 Å². The number of methoxy groups -OCH3 is 2. The van der Waals surface area contributed by atoms with Crippen molar-refractivity contribution in [2.45, 2.75) is 25.4 Å². The molecule has 2 aromatic rings. The number of ether oxygens (including phenoxy) is 3. The molecule has 0 bridgehead atoms. The van der Waals surface area contributed by atoms with Crippen LogP contribution in [0.2, 0.25) is 0 Å². The normalized spacial score (nSPS) is 12.8. The number of amides is 1. The minimum absolute atomic E-state index is 0.0266. The van der Waals surface area contributed by atoms with Gasteiger partial charge < -0.3 is 19.5 Å². The third-order valence-corrected chi connectivity index (χ3v) is 3.89. The van der Waals surface area contributed by atoms with Gasteiger partial charge in [-0.15, -0.1) is 0 Å². The van der Waals surface area contributed by atoms with E-state index < -0.39 is 41.2 Å². The zero-order chi connectivity index (χ0) is 22.7. The van der Waals surface area contributed by atoms with E-state index >= 15 is 0 Å². The minimum atomic E-state index is -5.02. The Balaban J connectivity index is 2.22. The van der Waals surface area contributed by atoms with Crippen molar-refractivity contribution in [3.63, 3.8) is 0 Å². The van der Waals surface area contributed by atoms with Crippen molar-refractivity contribution in [1.29, 1.82) is 0 Å². The van der Waals surface area contributed by atoms with Crippen LogP contribution in [0.15, 0.2) is 36.4 Å². The van der Waals surface area contributed by atoms with E-state index in [9.17, 15) is 31.1 Å². The molecule has 0 heterocycles. The molecular formula is C19H17F6NO4. The molecule has 11 heteroatoms. The summed E-state index contributed by atoms with van der Waals surface area (Å²) in [4.78, 5) is 12.3. The number of hydrogen-bond donors (Lipinski definition) is 1. The monoisotopic (exact) mass is 437 g/mol. The summed E-state index contributed by atoms with van der Waals surface area (Å²) < 4.78 is 92.8. The highest BCUT2D eigenvalue weighted by atomic mass is 19.4. The highest BCUT2D eigenvalue weighted by Gasteiger charge is 2.37. The lowest BCUT2D eigenvalue weighted by atomic mass is 10.1. The number of anilines is 1. The molecule has 1 N–H and O–H groups in total. The van der Waals surface area contributed by atoms with E-state index in [1.54, 1.807) is 0 Å². The predicted molar refractivity (Wildman–Crippen MR) is 94.7 cm³/mol. The van der Waals surface area contributed by atoms with Crippen LogP contribution in [0.25, 0.3) is 0 Å². The van der Waals surface area contributed by atoms with Crippen LogP contribution in [-0.4, -0.2) is 26.2 Å². The van der Waals surface area contributed by atoms with E-state index in [-0.39, 0.29) is 11.8 Å². The Bertz CT molecular complexity index is 879. The highest BCUT2D eigenvalue weighted by Crippen LogP contribution is 2.38. The van der Waals surface area contributed by atoms with Gasteiger partial charge in [-0.1, -0.05) is 0 Å². The Hall–Kier alpha value is -3.11. The molecule has 2 aromatic carbocycles. The summed E-state index contributed by atoms with van der Waals surface area (Å²) in [5.74, 6) is -0.847. The van der Waals surface area contributed by atoms with E-state index in [2.05, 4.69) is 5.32 Å². The van der Waals surface area contributed by atoms with Crippen LogP contribution >= 0.6 is 0 Å². The van der Waals surface area contributed by atoms with Crippen molar-refractivity contribution in [2.24, 2.45) is 0 Å². The van der Waals surface area contributed by atoms with E-state index in [1.807, 2.05) is 0 Å². The quantitative estimate of drug-likeness (QED) is 0.636. The Morgan fingerprint density at radius 2 is 1.40 bits per heavy atom. The first kappa shape index (κ1) is 23.2. The summed E-state index contributed by atoms with van der Waals surface area (Å²) >= 11 is 0. The summed E-state index contributed by atoms with van der Waals surface area (Å²) in [6.45, 7) is 1.18. The molecule has 0 aliphatic heterocycles. The lowest BCUT2D eigenvalue weighted by molar-refractivity contribution is -0.143. The van der Waals surface area contributed by atoms with Gasteiger partial charge in [0.2, 0.25) is 0 Å². The van der Waals surface area contributed by atoms with Gasteiger partial charge in [0, 0.05) is 11.8 Å². The number of hydrogen-bond acceptors (Lipinski definition) is 4. The summed E-state index contributed by atoms with van der Waals surface area (Å²) in [7, 11) is 2.79. The average molecular weight is 437 g/mol. The molecule has 1 atom stereocenters. The van der Waals surface area contributed by atoms with Crippen LogP contribution in [0.1, 0.15) is 18.1 Å². The summed E-state index contributed by atoms with van der Waals surface area (Å²) in [6.07, 6.45) is -11.4. The smallest absolute Gasteiger partial charge is 0.416 e. The number of carbonyl (C=O) groups is 1. The van der Waals surface area contributed by atoms with E-state index in [0.29, 0.717) is 23.6 Å². The van der Waals surface area contributed by atoms with Crippen molar-refractivity contribution >= 4 is 11.6 Å². The van der Waals surface area contributed by atoms with Crippen LogP contribution in [0.4, 0.5) is 32.0 Å². The zero-order valence-electron chi connectivity index (χ0n) is 15.9. The van der Waals surface area contributed by atoms with Crippen LogP contribution in [0, 0.1) is 0 Å². The summed E-state index contributed by atoms with van der Waals surface area (Å²) in [5, 5.41) is 2.43. The van der Waals surface area contributed by atoms with E-state index in [1.165, 1.54) is 39.3 Å². The van der Waals surface area contributed by atoms with Crippen LogP contribution in [0.5, 0.6) is 17.2 Å². The van der Waals surface area contributed by atoms with Gasteiger partial charge in [0.05, 0.1) is 25.3 Å². The molecule has 2 rings (SSSR count). The molecule has 0 saturated carbocycles. The lowest BCUT2D eigenvalue weighted by Gasteiger charge is -2.18. The van der Waals surface area contributed by atoms with Gasteiger partial charge in [0.15, 0.2) is 17.6 Å². The SMILES string of the molecule is COc1ccc(NC(=O)C(C)Oc2cc(C(F)(F)F)cc(C(F)(F)F)c2)cc1OC. The first-order valence-electron chi connectivity index (χ1n) is 8.34. The molecule has 0 saturated heterocycles. The number of nitrogens with one attached hydrogen (secondary N) is 1. The average Bonchev–Trinajstić information content (AvgIpc) is 2.66. The highest BCUT2D eigenvalue weighted by molar-refractivity contribution is 5.94. The Morgan fingerprint density at radius 3 is 1.87 bits per heavy atom. The van der Waals surface area contributed by atoms with Crippen LogP contribution in [-0.2, 0) is 17.1 Å². The fourth-order valence-electron chi connectivity index (χ4n) is 2.41. The molecule has 0 fully saturated rings. The fraction of sp³-hybridized carbons (Fsp3) is 0.316. The molecule has 1 unspecified atom stereocenters. The Morgan fingerprint density at radius 1 is 0.867 bits per heavy atom. The maximum atomic E-state index is 12.9. The topological polar surface area (TPSA) is 56.8 Å². The third kappa shape index (κ3) is 5.71. The van der Waals surface area contributed by atoms with Gasteiger partial charge in [-0.25, -0.2) is 0 Å². The second kappa shape index (κ2) is 8.72. The molecule has 30 heavy (non-hydrogen) atoms. The first-order chi connectivity index (χ1) is 13.8. The van der Waals surface area contributed by atoms with E-state index in [0.717, 1.165) is 0 Å². The minimum Gasteiger partial charge on any atom is -0.493 e. The maximum Gasteiger partial charge on any atom is 0.416 e. The molecule has 164 valence electrons. The van der Waals surface area contributed by atoms with Crippen molar-refractivity contribution in [3.8, 4) is 17.2 Å². The molecule has 0 aliphatic carbocycles. The predicted octanol–water partition coefficient (Wildman–Crippen LogP) is 5.15. The van der Waals surface area contributed by atoms with Gasteiger partial charge in [-0.05, 0) is 37.3 Å². The molecule has 0 spiro atoms. The Kier molecular flexibility index (Phi) is 6.73. The lowest BCUT2D eigenvalue weighted by Crippen LogP contribution is -2.30. The number of alkyl halides is 6. The summed E-state index contributed by atoms with van der Waals surface area (Å²) in [6, 6.07) is 5.17. The molecule has 0 aromatic heterocycles.